The molecular weight excluding hydrogens is 246 g/mol. The molecule has 1 aromatic carbocycles. The van der Waals surface area contributed by atoms with Gasteiger partial charge in [-0.25, -0.2) is 0 Å². The Kier molecular flexibility index (Phi) is 4.31. The fourth-order valence-corrected chi connectivity index (χ4v) is 3.23. The Labute approximate surface area is 115 Å². The average molecular weight is 268 g/mol. The molecule has 2 atom stereocenters. The summed E-state index contributed by atoms with van der Waals surface area (Å²) in [5, 5.41) is 11.1. The molecule has 0 aromatic heterocycles. The number of rotatable bonds is 2. The largest absolute Gasteiger partial charge is 0.392 e. The van der Waals surface area contributed by atoms with E-state index in [-0.39, 0.29) is 11.5 Å². The number of nitrogens with zero attached hydrogens (tertiary/aromatic N) is 1. The third-order valence-corrected chi connectivity index (χ3v) is 4.54. The van der Waals surface area contributed by atoms with Crippen LogP contribution < -0.4 is 0 Å². The minimum Gasteiger partial charge on any atom is -0.392 e. The number of aliphatic hydroxyl groups is 1. The molecule has 0 spiro atoms. The molecule has 2 nitrogen and oxygen atoms in total. The van der Waals surface area contributed by atoms with E-state index < -0.39 is 0 Å². The van der Waals surface area contributed by atoms with Gasteiger partial charge in [0, 0.05) is 10.4 Å². The molecule has 18 heavy (non-hydrogen) atoms. The Morgan fingerprint density at radius 3 is 2.78 bits per heavy atom. The Bertz CT molecular complexity index is 407. The zero-order valence-corrected chi connectivity index (χ0v) is 12.0. The molecule has 0 aliphatic carbocycles. The normalized spacial score (nSPS) is 27.8. The molecule has 1 saturated heterocycles. The summed E-state index contributed by atoms with van der Waals surface area (Å²) in [6.07, 6.45) is 2.78. The third kappa shape index (κ3) is 2.71. The van der Waals surface area contributed by atoms with E-state index in [9.17, 15) is 5.11 Å². The standard InChI is InChI=1S/C15H22ClNO/c1-12(18)15(7-4-9-17(2)10-8-15)13-5-3-6-14(16)11-13/h3,5-6,11-12,18H,4,7-10H2,1-2H3. The van der Waals surface area contributed by atoms with Crippen LogP contribution in [0.1, 0.15) is 31.7 Å². The van der Waals surface area contributed by atoms with Gasteiger partial charge in [-0.05, 0) is 64.0 Å². The molecule has 2 rings (SSSR count). The zero-order valence-electron chi connectivity index (χ0n) is 11.2. The van der Waals surface area contributed by atoms with Crippen LogP contribution in [0.15, 0.2) is 24.3 Å². The Hall–Kier alpha value is -0.570. The van der Waals surface area contributed by atoms with E-state index >= 15 is 0 Å². The highest BCUT2D eigenvalue weighted by Crippen LogP contribution is 2.39. The molecule has 1 N–H and O–H groups in total. The van der Waals surface area contributed by atoms with Gasteiger partial charge in [0.25, 0.3) is 0 Å². The van der Waals surface area contributed by atoms with Gasteiger partial charge < -0.3 is 10.0 Å². The number of hydrogen-bond donors (Lipinski definition) is 1. The van der Waals surface area contributed by atoms with Crippen molar-refractivity contribution < 1.29 is 5.11 Å². The molecule has 1 aromatic rings. The summed E-state index contributed by atoms with van der Waals surface area (Å²) in [6, 6.07) is 7.99. The highest BCUT2D eigenvalue weighted by Gasteiger charge is 2.38. The van der Waals surface area contributed by atoms with Crippen LogP contribution in [0.25, 0.3) is 0 Å². The topological polar surface area (TPSA) is 23.5 Å². The van der Waals surface area contributed by atoms with Crippen LogP contribution in [0.2, 0.25) is 5.02 Å². The predicted molar refractivity (Wildman–Crippen MR) is 76.2 cm³/mol. The molecule has 0 radical (unpaired) electrons. The van der Waals surface area contributed by atoms with E-state index in [0.717, 1.165) is 37.4 Å². The second kappa shape index (κ2) is 5.60. The van der Waals surface area contributed by atoms with Crippen molar-refractivity contribution in [3.05, 3.63) is 34.9 Å². The summed E-state index contributed by atoms with van der Waals surface area (Å²) >= 11 is 6.11. The van der Waals surface area contributed by atoms with Crippen LogP contribution in [-0.4, -0.2) is 36.2 Å². The Morgan fingerprint density at radius 2 is 2.11 bits per heavy atom. The van der Waals surface area contributed by atoms with E-state index in [1.807, 2.05) is 25.1 Å². The minimum atomic E-state index is -0.345. The first-order valence-corrected chi connectivity index (χ1v) is 7.05. The van der Waals surface area contributed by atoms with Gasteiger partial charge in [-0.3, -0.25) is 0 Å². The van der Waals surface area contributed by atoms with E-state index in [1.54, 1.807) is 0 Å². The van der Waals surface area contributed by atoms with E-state index in [2.05, 4.69) is 18.0 Å². The van der Waals surface area contributed by atoms with Crippen molar-refractivity contribution in [1.29, 1.82) is 0 Å². The lowest BCUT2D eigenvalue weighted by Gasteiger charge is -2.36. The van der Waals surface area contributed by atoms with Crippen molar-refractivity contribution >= 4 is 11.6 Å². The summed E-state index contributed by atoms with van der Waals surface area (Å²) in [5.41, 5.74) is 1.04. The second-order valence-electron chi connectivity index (χ2n) is 5.50. The molecule has 1 aliphatic rings. The molecule has 1 fully saturated rings. The highest BCUT2D eigenvalue weighted by atomic mass is 35.5. The predicted octanol–water partition coefficient (Wildman–Crippen LogP) is 3.07. The quantitative estimate of drug-likeness (QED) is 0.890. The first-order valence-electron chi connectivity index (χ1n) is 6.67. The maximum atomic E-state index is 10.3. The van der Waals surface area contributed by atoms with Crippen molar-refractivity contribution in [2.75, 3.05) is 20.1 Å². The lowest BCUT2D eigenvalue weighted by Crippen LogP contribution is -2.38. The summed E-state index contributed by atoms with van der Waals surface area (Å²) in [5.74, 6) is 0. The molecule has 1 aliphatic heterocycles. The Balaban J connectivity index is 2.37. The van der Waals surface area contributed by atoms with Gasteiger partial charge in [-0.2, -0.15) is 0 Å². The van der Waals surface area contributed by atoms with Gasteiger partial charge >= 0.3 is 0 Å². The van der Waals surface area contributed by atoms with E-state index in [4.69, 9.17) is 11.6 Å². The molecule has 2 unspecified atom stereocenters. The summed E-state index contributed by atoms with van der Waals surface area (Å²) in [4.78, 5) is 2.34. The average Bonchev–Trinajstić information content (AvgIpc) is 2.52. The second-order valence-corrected chi connectivity index (χ2v) is 5.94. The van der Waals surface area contributed by atoms with Crippen molar-refractivity contribution in [3.63, 3.8) is 0 Å². The van der Waals surface area contributed by atoms with Crippen molar-refractivity contribution in [3.8, 4) is 0 Å². The molecule has 0 bridgehead atoms. The first-order chi connectivity index (χ1) is 8.54. The molecule has 100 valence electrons. The molecule has 1 heterocycles. The van der Waals surface area contributed by atoms with Crippen LogP contribution in [0.3, 0.4) is 0 Å². The lowest BCUT2D eigenvalue weighted by atomic mass is 9.71. The fourth-order valence-electron chi connectivity index (χ4n) is 3.04. The summed E-state index contributed by atoms with van der Waals surface area (Å²) in [6.45, 7) is 4.04. The van der Waals surface area contributed by atoms with Gasteiger partial charge in [0.1, 0.15) is 0 Å². The zero-order chi connectivity index (χ0) is 13.2. The van der Waals surface area contributed by atoms with Gasteiger partial charge in [0.15, 0.2) is 0 Å². The Morgan fingerprint density at radius 1 is 1.33 bits per heavy atom. The van der Waals surface area contributed by atoms with Crippen LogP contribution in [-0.2, 0) is 5.41 Å². The van der Waals surface area contributed by atoms with E-state index in [0.29, 0.717) is 0 Å². The number of benzene rings is 1. The number of aliphatic hydroxyl groups excluding tert-OH is 1. The van der Waals surface area contributed by atoms with Crippen LogP contribution in [0.4, 0.5) is 0 Å². The maximum Gasteiger partial charge on any atom is 0.0609 e. The van der Waals surface area contributed by atoms with Gasteiger partial charge in [-0.1, -0.05) is 23.7 Å². The van der Waals surface area contributed by atoms with E-state index in [1.165, 1.54) is 5.56 Å². The lowest BCUT2D eigenvalue weighted by molar-refractivity contribution is 0.0849. The maximum absolute atomic E-state index is 10.3. The van der Waals surface area contributed by atoms with Crippen molar-refractivity contribution in [2.45, 2.75) is 37.7 Å². The van der Waals surface area contributed by atoms with Crippen LogP contribution in [0.5, 0.6) is 0 Å². The molecule has 3 heteroatoms. The first kappa shape index (κ1) is 13.9. The van der Waals surface area contributed by atoms with Gasteiger partial charge in [0.05, 0.1) is 6.10 Å². The minimum absolute atomic E-state index is 0.143. The SMILES string of the molecule is CC(O)C1(c2cccc(Cl)c2)CCCN(C)CC1. The van der Waals surface area contributed by atoms with Crippen molar-refractivity contribution in [2.24, 2.45) is 0 Å². The molecule has 0 saturated carbocycles. The monoisotopic (exact) mass is 267 g/mol. The van der Waals surface area contributed by atoms with Crippen LogP contribution >= 0.6 is 11.6 Å². The molecular formula is C15H22ClNO. The highest BCUT2D eigenvalue weighted by molar-refractivity contribution is 6.30. The summed E-state index contributed by atoms with van der Waals surface area (Å²) in [7, 11) is 2.15. The summed E-state index contributed by atoms with van der Waals surface area (Å²) < 4.78 is 0. The smallest absolute Gasteiger partial charge is 0.0609 e. The van der Waals surface area contributed by atoms with Crippen molar-refractivity contribution in [1.82, 2.24) is 4.90 Å². The fraction of sp³-hybridized carbons (Fsp3) is 0.600. The molecule has 0 amide bonds. The number of halogens is 1. The van der Waals surface area contributed by atoms with Crippen LogP contribution in [0, 0.1) is 0 Å². The number of hydrogen-bond acceptors (Lipinski definition) is 2. The number of likely N-dealkylation sites (tertiary alicyclic amines) is 1. The van der Waals surface area contributed by atoms with Gasteiger partial charge in [0.2, 0.25) is 0 Å². The third-order valence-electron chi connectivity index (χ3n) is 4.30. The van der Waals surface area contributed by atoms with Gasteiger partial charge in [-0.15, -0.1) is 0 Å².